The summed E-state index contributed by atoms with van der Waals surface area (Å²) in [5, 5.41) is 7.02. The number of nitrogens with zero attached hydrogens (tertiary/aromatic N) is 1. The number of carbonyl (C=O) groups is 1. The van der Waals surface area contributed by atoms with Gasteiger partial charge < -0.3 is 15.4 Å². The van der Waals surface area contributed by atoms with E-state index in [1.54, 1.807) is 24.4 Å². The second-order valence-corrected chi connectivity index (χ2v) is 6.65. The Labute approximate surface area is 157 Å². The Balaban J connectivity index is 1.71. The first kappa shape index (κ1) is 19.3. The number of pyridine rings is 1. The van der Waals surface area contributed by atoms with Crippen molar-refractivity contribution >= 4 is 40.6 Å². The Morgan fingerprint density at radius 2 is 2.04 bits per heavy atom. The van der Waals surface area contributed by atoms with E-state index < -0.39 is 0 Å². The van der Waals surface area contributed by atoms with E-state index in [4.69, 9.17) is 27.9 Å². The van der Waals surface area contributed by atoms with Gasteiger partial charge in [-0.3, -0.25) is 4.79 Å². The molecule has 0 atom stereocenters. The van der Waals surface area contributed by atoms with Gasteiger partial charge in [0.25, 0.3) is 0 Å². The maximum atomic E-state index is 11.9. The van der Waals surface area contributed by atoms with Crippen molar-refractivity contribution in [3.8, 4) is 5.75 Å². The molecule has 1 heterocycles. The van der Waals surface area contributed by atoms with Gasteiger partial charge in [0, 0.05) is 17.5 Å². The summed E-state index contributed by atoms with van der Waals surface area (Å²) in [6, 6.07) is 9.00. The predicted molar refractivity (Wildman–Crippen MR) is 103 cm³/mol. The van der Waals surface area contributed by atoms with Crippen LogP contribution in [0.5, 0.6) is 5.75 Å². The van der Waals surface area contributed by atoms with E-state index in [0.717, 1.165) is 5.82 Å². The zero-order chi connectivity index (χ0) is 18.2. The normalized spacial score (nSPS) is 10.6. The third-order valence-electron chi connectivity index (χ3n) is 3.18. The number of amides is 1. The molecule has 2 aromatic rings. The zero-order valence-electron chi connectivity index (χ0n) is 14.2. The number of hydrogen-bond acceptors (Lipinski definition) is 4. The second kappa shape index (κ2) is 9.49. The monoisotopic (exact) mass is 381 g/mol. The maximum absolute atomic E-state index is 11.9. The zero-order valence-corrected chi connectivity index (χ0v) is 15.7. The van der Waals surface area contributed by atoms with Crippen molar-refractivity contribution in [2.45, 2.75) is 32.7 Å². The molecule has 0 aliphatic heterocycles. The summed E-state index contributed by atoms with van der Waals surface area (Å²) in [5.74, 6) is 1.25. The minimum atomic E-state index is -0.0860. The van der Waals surface area contributed by atoms with Crippen LogP contribution in [0.4, 0.5) is 11.5 Å². The molecule has 5 nitrogen and oxygen atoms in total. The molecule has 0 aliphatic carbocycles. The lowest BCUT2D eigenvalue weighted by Gasteiger charge is -2.10. The van der Waals surface area contributed by atoms with Gasteiger partial charge in [-0.2, -0.15) is 0 Å². The van der Waals surface area contributed by atoms with Gasteiger partial charge in [0.2, 0.25) is 5.91 Å². The molecular formula is C18H21Cl2N3O2. The van der Waals surface area contributed by atoms with Gasteiger partial charge in [-0.15, -0.1) is 0 Å². The topological polar surface area (TPSA) is 63.2 Å². The predicted octanol–water partition coefficient (Wildman–Crippen LogP) is 5.01. The van der Waals surface area contributed by atoms with E-state index in [0.29, 0.717) is 47.0 Å². The van der Waals surface area contributed by atoms with Crippen molar-refractivity contribution in [2.75, 3.05) is 17.2 Å². The molecule has 0 saturated heterocycles. The van der Waals surface area contributed by atoms with Crippen LogP contribution >= 0.6 is 23.2 Å². The Kier molecular flexibility index (Phi) is 7.34. The number of nitrogens with one attached hydrogen (secondary N) is 2. The van der Waals surface area contributed by atoms with Gasteiger partial charge in [-0.25, -0.2) is 4.98 Å². The third kappa shape index (κ3) is 6.80. The maximum Gasteiger partial charge on any atom is 0.224 e. The largest absolute Gasteiger partial charge is 0.492 e. The van der Waals surface area contributed by atoms with Crippen molar-refractivity contribution in [3.63, 3.8) is 0 Å². The van der Waals surface area contributed by atoms with Crippen molar-refractivity contribution in [3.05, 3.63) is 46.6 Å². The van der Waals surface area contributed by atoms with Crippen LogP contribution in [-0.4, -0.2) is 23.5 Å². The number of rotatable bonds is 8. The summed E-state index contributed by atoms with van der Waals surface area (Å²) in [5.41, 5.74) is 0.668. The SMILES string of the molecule is CC(C)Nc1ccc(NC(=O)CCCOc2ccc(Cl)cc2Cl)cn1. The number of carbonyl (C=O) groups excluding carboxylic acids is 1. The molecule has 1 aromatic carbocycles. The molecule has 0 radical (unpaired) electrons. The van der Waals surface area contributed by atoms with E-state index >= 15 is 0 Å². The number of halogens is 2. The van der Waals surface area contributed by atoms with E-state index in [2.05, 4.69) is 15.6 Å². The van der Waals surface area contributed by atoms with Crippen molar-refractivity contribution < 1.29 is 9.53 Å². The Morgan fingerprint density at radius 3 is 2.68 bits per heavy atom. The molecule has 0 saturated carbocycles. The fraction of sp³-hybridized carbons (Fsp3) is 0.333. The van der Waals surface area contributed by atoms with Crippen LogP contribution in [0.1, 0.15) is 26.7 Å². The lowest BCUT2D eigenvalue weighted by molar-refractivity contribution is -0.116. The van der Waals surface area contributed by atoms with Crippen LogP contribution in [0.2, 0.25) is 10.0 Å². The van der Waals surface area contributed by atoms with Crippen LogP contribution in [0, 0.1) is 0 Å². The molecule has 25 heavy (non-hydrogen) atoms. The lowest BCUT2D eigenvalue weighted by Crippen LogP contribution is -2.14. The number of ether oxygens (including phenoxy) is 1. The van der Waals surface area contributed by atoms with Crippen LogP contribution in [0.25, 0.3) is 0 Å². The summed E-state index contributed by atoms with van der Waals surface area (Å²) in [6.45, 7) is 4.47. The Bertz CT molecular complexity index is 706. The van der Waals surface area contributed by atoms with Gasteiger partial charge in [-0.05, 0) is 50.6 Å². The van der Waals surface area contributed by atoms with E-state index in [9.17, 15) is 4.79 Å². The van der Waals surface area contributed by atoms with Crippen LogP contribution in [-0.2, 0) is 4.79 Å². The average molecular weight is 382 g/mol. The highest BCUT2D eigenvalue weighted by Gasteiger charge is 2.06. The van der Waals surface area contributed by atoms with Gasteiger partial charge in [0.15, 0.2) is 0 Å². The molecule has 2 rings (SSSR count). The first-order valence-corrected chi connectivity index (χ1v) is 8.80. The Morgan fingerprint density at radius 1 is 1.24 bits per heavy atom. The summed E-state index contributed by atoms with van der Waals surface area (Å²) in [7, 11) is 0. The summed E-state index contributed by atoms with van der Waals surface area (Å²) in [4.78, 5) is 16.2. The first-order valence-electron chi connectivity index (χ1n) is 8.04. The standard InChI is InChI=1S/C18H21Cl2N3O2/c1-12(2)22-17-8-6-14(11-21-17)23-18(24)4-3-9-25-16-7-5-13(19)10-15(16)20/h5-8,10-12H,3-4,9H2,1-2H3,(H,21,22)(H,23,24). The fourth-order valence-corrected chi connectivity index (χ4v) is 2.54. The van der Waals surface area contributed by atoms with Crippen molar-refractivity contribution in [1.82, 2.24) is 4.98 Å². The number of benzene rings is 1. The minimum absolute atomic E-state index is 0.0860. The van der Waals surface area contributed by atoms with Crippen LogP contribution in [0.3, 0.4) is 0 Å². The second-order valence-electron chi connectivity index (χ2n) is 5.81. The third-order valence-corrected chi connectivity index (χ3v) is 3.71. The molecule has 0 unspecified atom stereocenters. The van der Waals surface area contributed by atoms with E-state index in [1.807, 2.05) is 26.0 Å². The quantitative estimate of drug-likeness (QED) is 0.631. The highest BCUT2D eigenvalue weighted by Crippen LogP contribution is 2.27. The number of hydrogen-bond donors (Lipinski definition) is 2. The smallest absolute Gasteiger partial charge is 0.224 e. The Hall–Kier alpha value is -1.98. The summed E-state index contributed by atoms with van der Waals surface area (Å²) < 4.78 is 5.55. The van der Waals surface area contributed by atoms with Gasteiger partial charge in [0.05, 0.1) is 23.5 Å². The minimum Gasteiger partial charge on any atom is -0.492 e. The van der Waals surface area contributed by atoms with E-state index in [1.165, 1.54) is 0 Å². The summed E-state index contributed by atoms with van der Waals surface area (Å²) >= 11 is 11.9. The molecular weight excluding hydrogens is 361 g/mol. The van der Waals surface area contributed by atoms with Gasteiger partial charge in [-0.1, -0.05) is 23.2 Å². The molecule has 1 aromatic heterocycles. The molecule has 7 heteroatoms. The average Bonchev–Trinajstić information content (AvgIpc) is 2.54. The number of aromatic nitrogens is 1. The van der Waals surface area contributed by atoms with Crippen LogP contribution in [0.15, 0.2) is 36.5 Å². The molecule has 2 N–H and O–H groups in total. The molecule has 0 spiro atoms. The molecule has 134 valence electrons. The van der Waals surface area contributed by atoms with Crippen molar-refractivity contribution in [1.29, 1.82) is 0 Å². The fourth-order valence-electron chi connectivity index (χ4n) is 2.08. The molecule has 1 amide bonds. The highest BCUT2D eigenvalue weighted by molar-refractivity contribution is 6.35. The van der Waals surface area contributed by atoms with Crippen LogP contribution < -0.4 is 15.4 Å². The lowest BCUT2D eigenvalue weighted by atomic mass is 10.3. The molecule has 0 bridgehead atoms. The highest BCUT2D eigenvalue weighted by atomic mass is 35.5. The first-order chi connectivity index (χ1) is 11.9. The van der Waals surface area contributed by atoms with Gasteiger partial charge >= 0.3 is 0 Å². The number of anilines is 2. The molecule has 0 fully saturated rings. The summed E-state index contributed by atoms with van der Waals surface area (Å²) in [6.07, 6.45) is 2.55. The van der Waals surface area contributed by atoms with Crippen molar-refractivity contribution in [2.24, 2.45) is 0 Å². The van der Waals surface area contributed by atoms with Gasteiger partial charge in [0.1, 0.15) is 11.6 Å². The van der Waals surface area contributed by atoms with E-state index in [-0.39, 0.29) is 5.91 Å². The molecule has 0 aliphatic rings.